The van der Waals surface area contributed by atoms with Crippen LogP contribution in [0.1, 0.15) is 43.6 Å². The number of rotatable bonds is 3. The molecule has 2 rings (SSSR count). The highest BCUT2D eigenvalue weighted by Crippen LogP contribution is 2.37. The summed E-state index contributed by atoms with van der Waals surface area (Å²) in [5, 5.41) is 0.946. The molecule has 0 amide bonds. The molecule has 16 heavy (non-hydrogen) atoms. The maximum Gasteiger partial charge on any atom is 0.123 e. The first-order valence-electron chi connectivity index (χ1n) is 6.12. The molecule has 0 bridgehead atoms. The summed E-state index contributed by atoms with van der Waals surface area (Å²) in [5.41, 5.74) is 1.16. The van der Waals surface area contributed by atoms with Crippen LogP contribution in [0.5, 0.6) is 0 Å². The summed E-state index contributed by atoms with van der Waals surface area (Å²) in [4.78, 5) is 0. The van der Waals surface area contributed by atoms with Crippen molar-refractivity contribution >= 4 is 15.9 Å². The highest BCUT2D eigenvalue weighted by Gasteiger charge is 2.24. The van der Waals surface area contributed by atoms with Gasteiger partial charge in [-0.3, -0.25) is 0 Å². The minimum absolute atomic E-state index is 0.112. The molecule has 2 heteroatoms. The minimum atomic E-state index is -0.112. The van der Waals surface area contributed by atoms with Crippen LogP contribution in [0.25, 0.3) is 0 Å². The quantitative estimate of drug-likeness (QED) is 0.694. The summed E-state index contributed by atoms with van der Waals surface area (Å²) < 4.78 is 13.2. The maximum atomic E-state index is 13.2. The second-order valence-corrected chi connectivity index (χ2v) is 5.36. The zero-order chi connectivity index (χ0) is 11.4. The van der Waals surface area contributed by atoms with Gasteiger partial charge in [0.2, 0.25) is 0 Å². The van der Waals surface area contributed by atoms with E-state index in [1.165, 1.54) is 38.2 Å². The van der Waals surface area contributed by atoms with Gasteiger partial charge in [0, 0.05) is 5.33 Å². The van der Waals surface area contributed by atoms with E-state index in [1.807, 2.05) is 6.07 Å². The van der Waals surface area contributed by atoms with Gasteiger partial charge in [0.15, 0.2) is 0 Å². The van der Waals surface area contributed by atoms with E-state index < -0.39 is 0 Å². The monoisotopic (exact) mass is 284 g/mol. The van der Waals surface area contributed by atoms with Gasteiger partial charge in [-0.2, -0.15) is 0 Å². The Morgan fingerprint density at radius 1 is 1.25 bits per heavy atom. The Balaban J connectivity index is 2.14. The average Bonchev–Trinajstić information content (AvgIpc) is 2.31. The lowest BCUT2D eigenvalue weighted by Crippen LogP contribution is -2.17. The molecule has 1 aromatic carbocycles. The lowest BCUT2D eigenvalue weighted by Gasteiger charge is -2.29. The molecule has 0 spiro atoms. The molecule has 0 radical (unpaired) electrons. The molecule has 1 aliphatic rings. The molecule has 0 N–H and O–H groups in total. The van der Waals surface area contributed by atoms with E-state index in [-0.39, 0.29) is 5.82 Å². The van der Waals surface area contributed by atoms with Gasteiger partial charge < -0.3 is 0 Å². The third-order valence-electron chi connectivity index (χ3n) is 3.66. The summed E-state index contributed by atoms with van der Waals surface area (Å²) in [5.74, 6) is 1.10. The van der Waals surface area contributed by atoms with Crippen LogP contribution in [-0.4, -0.2) is 5.33 Å². The summed E-state index contributed by atoms with van der Waals surface area (Å²) in [7, 11) is 0. The first kappa shape index (κ1) is 12.1. The molecule has 1 aromatic rings. The van der Waals surface area contributed by atoms with Crippen molar-refractivity contribution in [1.82, 2.24) is 0 Å². The number of halogens is 2. The van der Waals surface area contributed by atoms with Gasteiger partial charge in [0.1, 0.15) is 5.82 Å². The summed E-state index contributed by atoms with van der Waals surface area (Å²) in [6.07, 6.45) is 6.64. The van der Waals surface area contributed by atoms with Crippen molar-refractivity contribution < 1.29 is 4.39 Å². The molecular formula is C14H18BrF. The van der Waals surface area contributed by atoms with Crippen molar-refractivity contribution in [3.63, 3.8) is 0 Å². The Hall–Kier alpha value is -0.370. The fourth-order valence-electron chi connectivity index (χ4n) is 2.76. The second-order valence-electron chi connectivity index (χ2n) is 4.71. The van der Waals surface area contributed by atoms with E-state index in [1.54, 1.807) is 6.07 Å². The molecule has 1 saturated carbocycles. The van der Waals surface area contributed by atoms with E-state index in [0.29, 0.717) is 5.92 Å². The number of benzene rings is 1. The normalized spacial score (nSPS) is 19.6. The zero-order valence-electron chi connectivity index (χ0n) is 9.46. The first-order valence-corrected chi connectivity index (χ1v) is 7.25. The number of hydrogen-bond acceptors (Lipinski definition) is 0. The first-order chi connectivity index (χ1) is 7.81. The zero-order valence-corrected chi connectivity index (χ0v) is 11.0. The SMILES string of the molecule is Fc1cccc(C(CBr)C2CCCCC2)c1. The highest BCUT2D eigenvalue weighted by molar-refractivity contribution is 9.09. The summed E-state index contributed by atoms with van der Waals surface area (Å²) in [6.45, 7) is 0. The molecule has 1 aliphatic carbocycles. The molecule has 1 unspecified atom stereocenters. The predicted molar refractivity (Wildman–Crippen MR) is 69.5 cm³/mol. The van der Waals surface area contributed by atoms with E-state index in [0.717, 1.165) is 16.8 Å². The molecule has 1 atom stereocenters. The Morgan fingerprint density at radius 3 is 2.62 bits per heavy atom. The van der Waals surface area contributed by atoms with E-state index in [2.05, 4.69) is 22.0 Å². The van der Waals surface area contributed by atoms with E-state index in [9.17, 15) is 4.39 Å². The molecule has 0 aromatic heterocycles. The Morgan fingerprint density at radius 2 is 2.00 bits per heavy atom. The van der Waals surface area contributed by atoms with Crippen molar-refractivity contribution in [3.05, 3.63) is 35.6 Å². The van der Waals surface area contributed by atoms with Crippen LogP contribution in [0.4, 0.5) is 4.39 Å². The Bertz CT molecular complexity index is 331. The van der Waals surface area contributed by atoms with Gasteiger partial charge in [-0.05, 0) is 42.4 Å². The fraction of sp³-hybridized carbons (Fsp3) is 0.571. The minimum Gasteiger partial charge on any atom is -0.207 e. The van der Waals surface area contributed by atoms with Gasteiger partial charge >= 0.3 is 0 Å². The second kappa shape index (κ2) is 5.81. The molecule has 0 heterocycles. The lowest BCUT2D eigenvalue weighted by atomic mass is 9.78. The van der Waals surface area contributed by atoms with E-state index in [4.69, 9.17) is 0 Å². The van der Waals surface area contributed by atoms with E-state index >= 15 is 0 Å². The van der Waals surface area contributed by atoms with Crippen LogP contribution in [0.3, 0.4) is 0 Å². The van der Waals surface area contributed by atoms with Crippen molar-refractivity contribution in [2.75, 3.05) is 5.33 Å². The topological polar surface area (TPSA) is 0 Å². The van der Waals surface area contributed by atoms with Crippen LogP contribution in [0, 0.1) is 11.7 Å². The standard InChI is InChI=1S/C14H18BrF/c15-10-14(11-5-2-1-3-6-11)12-7-4-8-13(16)9-12/h4,7-9,11,14H,1-3,5-6,10H2. The van der Waals surface area contributed by atoms with Gasteiger partial charge in [0.25, 0.3) is 0 Å². The molecule has 0 nitrogen and oxygen atoms in total. The van der Waals surface area contributed by atoms with Crippen LogP contribution in [0.2, 0.25) is 0 Å². The van der Waals surface area contributed by atoms with Gasteiger partial charge in [-0.25, -0.2) is 4.39 Å². The van der Waals surface area contributed by atoms with Crippen LogP contribution in [0.15, 0.2) is 24.3 Å². The fourth-order valence-corrected chi connectivity index (χ4v) is 3.66. The molecule has 0 saturated heterocycles. The van der Waals surface area contributed by atoms with Crippen molar-refractivity contribution in [2.45, 2.75) is 38.0 Å². The highest BCUT2D eigenvalue weighted by atomic mass is 79.9. The van der Waals surface area contributed by atoms with Crippen LogP contribution < -0.4 is 0 Å². The Labute approximate surface area is 105 Å². The third kappa shape index (κ3) is 2.85. The molecule has 0 aliphatic heterocycles. The van der Waals surface area contributed by atoms with Crippen molar-refractivity contribution in [3.8, 4) is 0 Å². The molecule has 88 valence electrons. The summed E-state index contributed by atoms with van der Waals surface area (Å²) in [6, 6.07) is 7.10. The maximum absolute atomic E-state index is 13.2. The van der Waals surface area contributed by atoms with Gasteiger partial charge in [0.05, 0.1) is 0 Å². The summed E-state index contributed by atoms with van der Waals surface area (Å²) >= 11 is 3.59. The predicted octanol–water partition coefficient (Wildman–Crippen LogP) is 4.88. The van der Waals surface area contributed by atoms with Gasteiger partial charge in [-0.15, -0.1) is 0 Å². The molecular weight excluding hydrogens is 267 g/mol. The van der Waals surface area contributed by atoms with Crippen molar-refractivity contribution in [1.29, 1.82) is 0 Å². The van der Waals surface area contributed by atoms with Gasteiger partial charge in [-0.1, -0.05) is 47.3 Å². The third-order valence-corrected chi connectivity index (χ3v) is 4.36. The molecule has 1 fully saturated rings. The van der Waals surface area contributed by atoms with Crippen LogP contribution in [-0.2, 0) is 0 Å². The van der Waals surface area contributed by atoms with Crippen LogP contribution >= 0.6 is 15.9 Å². The lowest BCUT2D eigenvalue weighted by molar-refractivity contribution is 0.319. The average molecular weight is 285 g/mol. The number of alkyl halides is 1. The smallest absolute Gasteiger partial charge is 0.123 e. The largest absolute Gasteiger partial charge is 0.207 e. The Kier molecular flexibility index (Phi) is 4.39. The van der Waals surface area contributed by atoms with Crippen molar-refractivity contribution in [2.24, 2.45) is 5.92 Å². The number of hydrogen-bond donors (Lipinski definition) is 0.